The van der Waals surface area contributed by atoms with Gasteiger partial charge in [-0.05, 0) is 52.0 Å². The summed E-state index contributed by atoms with van der Waals surface area (Å²) in [4.78, 5) is 2.20. The molecule has 0 unspecified atom stereocenters. The Morgan fingerprint density at radius 2 is 2.00 bits per heavy atom. The molecule has 1 aromatic rings. The van der Waals surface area contributed by atoms with Gasteiger partial charge in [-0.1, -0.05) is 30.3 Å². The number of nitriles is 1. The predicted octanol–water partition coefficient (Wildman–Crippen LogP) is 2.15. The van der Waals surface area contributed by atoms with E-state index in [0.29, 0.717) is 6.04 Å². The molecule has 1 saturated carbocycles. The molecule has 0 heterocycles. The SMILES string of the molecule is CN(C)CCCNC1CC(C#N)(c2ccccc2)C1. The molecule has 2 rings (SSSR count). The molecule has 0 spiro atoms. The lowest BCUT2D eigenvalue weighted by atomic mass is 9.62. The fraction of sp³-hybridized carbons (Fsp3) is 0.562. The van der Waals surface area contributed by atoms with E-state index < -0.39 is 0 Å². The molecule has 1 fully saturated rings. The van der Waals surface area contributed by atoms with E-state index in [2.05, 4.69) is 42.5 Å². The lowest BCUT2D eigenvalue weighted by Gasteiger charge is -2.43. The van der Waals surface area contributed by atoms with E-state index >= 15 is 0 Å². The third-order valence-corrected chi connectivity index (χ3v) is 3.95. The van der Waals surface area contributed by atoms with Gasteiger partial charge in [-0.15, -0.1) is 0 Å². The predicted molar refractivity (Wildman–Crippen MR) is 77.9 cm³/mol. The van der Waals surface area contributed by atoms with Gasteiger partial charge in [0.25, 0.3) is 0 Å². The van der Waals surface area contributed by atoms with Crippen LogP contribution in [0, 0.1) is 11.3 Å². The average Bonchev–Trinajstić information content (AvgIpc) is 2.37. The molecule has 3 heteroatoms. The van der Waals surface area contributed by atoms with E-state index in [0.717, 1.165) is 32.4 Å². The Kier molecular flexibility index (Phi) is 4.57. The third-order valence-electron chi connectivity index (χ3n) is 3.95. The zero-order chi connectivity index (χ0) is 13.7. The zero-order valence-electron chi connectivity index (χ0n) is 11.9. The molecular formula is C16H23N3. The van der Waals surface area contributed by atoms with Gasteiger partial charge < -0.3 is 10.2 Å². The molecule has 0 atom stereocenters. The molecule has 0 aliphatic heterocycles. The van der Waals surface area contributed by atoms with Crippen LogP contribution in [0.4, 0.5) is 0 Å². The minimum absolute atomic E-state index is 0.250. The molecule has 0 amide bonds. The Morgan fingerprint density at radius 1 is 1.32 bits per heavy atom. The van der Waals surface area contributed by atoms with Gasteiger partial charge in [-0.25, -0.2) is 0 Å². The van der Waals surface area contributed by atoms with Crippen molar-refractivity contribution in [1.29, 1.82) is 5.26 Å². The molecular weight excluding hydrogens is 234 g/mol. The van der Waals surface area contributed by atoms with E-state index in [1.807, 2.05) is 18.2 Å². The Bertz CT molecular complexity index is 427. The number of benzene rings is 1. The van der Waals surface area contributed by atoms with Crippen molar-refractivity contribution in [3.05, 3.63) is 35.9 Å². The van der Waals surface area contributed by atoms with Crippen molar-refractivity contribution < 1.29 is 0 Å². The quantitative estimate of drug-likeness (QED) is 0.794. The highest BCUT2D eigenvalue weighted by atomic mass is 15.1. The van der Waals surface area contributed by atoms with E-state index in [-0.39, 0.29) is 5.41 Å². The smallest absolute Gasteiger partial charge is 0.0852 e. The first kappa shape index (κ1) is 14.0. The van der Waals surface area contributed by atoms with Crippen LogP contribution in [-0.2, 0) is 5.41 Å². The van der Waals surface area contributed by atoms with Crippen molar-refractivity contribution in [2.24, 2.45) is 0 Å². The molecule has 19 heavy (non-hydrogen) atoms. The van der Waals surface area contributed by atoms with Gasteiger partial charge >= 0.3 is 0 Å². The van der Waals surface area contributed by atoms with Crippen LogP contribution in [0.5, 0.6) is 0 Å². The first-order chi connectivity index (χ1) is 9.16. The number of nitrogens with one attached hydrogen (secondary N) is 1. The topological polar surface area (TPSA) is 39.1 Å². The van der Waals surface area contributed by atoms with E-state index in [9.17, 15) is 5.26 Å². The lowest BCUT2D eigenvalue weighted by Crippen LogP contribution is -2.51. The normalized spacial score (nSPS) is 25.9. The van der Waals surface area contributed by atoms with Crippen LogP contribution in [0.15, 0.2) is 30.3 Å². The number of nitrogens with zero attached hydrogens (tertiary/aromatic N) is 2. The van der Waals surface area contributed by atoms with E-state index in [1.54, 1.807) is 0 Å². The molecule has 1 aliphatic carbocycles. The largest absolute Gasteiger partial charge is 0.314 e. The van der Waals surface area contributed by atoms with Gasteiger partial charge in [0, 0.05) is 6.04 Å². The van der Waals surface area contributed by atoms with Crippen LogP contribution < -0.4 is 5.32 Å². The maximum atomic E-state index is 9.47. The summed E-state index contributed by atoms with van der Waals surface area (Å²) < 4.78 is 0. The zero-order valence-corrected chi connectivity index (χ0v) is 11.9. The molecule has 0 bridgehead atoms. The second kappa shape index (κ2) is 6.18. The maximum absolute atomic E-state index is 9.47. The molecule has 1 N–H and O–H groups in total. The first-order valence-electron chi connectivity index (χ1n) is 7.01. The van der Waals surface area contributed by atoms with Crippen LogP contribution in [0.2, 0.25) is 0 Å². The van der Waals surface area contributed by atoms with Crippen molar-refractivity contribution in [3.63, 3.8) is 0 Å². The highest BCUT2D eigenvalue weighted by molar-refractivity contribution is 5.36. The summed E-state index contributed by atoms with van der Waals surface area (Å²) in [6.07, 6.45) is 3.04. The van der Waals surface area contributed by atoms with Crippen LogP contribution in [-0.4, -0.2) is 38.1 Å². The van der Waals surface area contributed by atoms with Gasteiger partial charge in [0.1, 0.15) is 0 Å². The van der Waals surface area contributed by atoms with Crippen molar-refractivity contribution in [2.75, 3.05) is 27.2 Å². The second-order valence-electron chi connectivity index (χ2n) is 5.78. The Balaban J connectivity index is 1.79. The average molecular weight is 257 g/mol. The molecule has 1 aromatic carbocycles. The van der Waals surface area contributed by atoms with E-state index in [1.165, 1.54) is 5.56 Å². The van der Waals surface area contributed by atoms with E-state index in [4.69, 9.17) is 0 Å². The van der Waals surface area contributed by atoms with Crippen LogP contribution >= 0.6 is 0 Å². The van der Waals surface area contributed by atoms with Crippen molar-refractivity contribution in [3.8, 4) is 6.07 Å². The van der Waals surface area contributed by atoms with Gasteiger partial charge in [0.2, 0.25) is 0 Å². The summed E-state index contributed by atoms with van der Waals surface area (Å²) in [5.41, 5.74) is 0.921. The fourth-order valence-corrected chi connectivity index (χ4v) is 2.78. The molecule has 3 nitrogen and oxygen atoms in total. The van der Waals surface area contributed by atoms with Gasteiger partial charge in [0.15, 0.2) is 0 Å². The monoisotopic (exact) mass is 257 g/mol. The Hall–Kier alpha value is -1.37. The highest BCUT2D eigenvalue weighted by Crippen LogP contribution is 2.43. The molecule has 1 aliphatic rings. The molecule has 102 valence electrons. The number of hydrogen-bond donors (Lipinski definition) is 1. The Labute approximate surface area is 116 Å². The number of hydrogen-bond acceptors (Lipinski definition) is 3. The second-order valence-corrected chi connectivity index (χ2v) is 5.78. The van der Waals surface area contributed by atoms with Gasteiger partial charge in [-0.2, -0.15) is 5.26 Å². The van der Waals surface area contributed by atoms with Crippen molar-refractivity contribution in [2.45, 2.75) is 30.7 Å². The highest BCUT2D eigenvalue weighted by Gasteiger charge is 2.45. The number of rotatable bonds is 6. The molecule has 0 radical (unpaired) electrons. The third kappa shape index (κ3) is 3.34. The maximum Gasteiger partial charge on any atom is 0.0852 e. The minimum Gasteiger partial charge on any atom is -0.314 e. The summed E-state index contributed by atoms with van der Waals surface area (Å²) in [5, 5.41) is 13.0. The van der Waals surface area contributed by atoms with Crippen LogP contribution in [0.1, 0.15) is 24.8 Å². The molecule has 0 saturated heterocycles. The Morgan fingerprint density at radius 3 is 2.58 bits per heavy atom. The summed E-state index contributed by atoms with van der Waals surface area (Å²) in [5.74, 6) is 0. The fourth-order valence-electron chi connectivity index (χ4n) is 2.78. The molecule has 0 aromatic heterocycles. The van der Waals surface area contributed by atoms with Gasteiger partial charge in [0.05, 0.1) is 11.5 Å². The van der Waals surface area contributed by atoms with Gasteiger partial charge in [-0.3, -0.25) is 0 Å². The summed E-state index contributed by atoms with van der Waals surface area (Å²) >= 11 is 0. The minimum atomic E-state index is -0.250. The van der Waals surface area contributed by atoms with Crippen molar-refractivity contribution in [1.82, 2.24) is 10.2 Å². The summed E-state index contributed by atoms with van der Waals surface area (Å²) in [7, 11) is 4.19. The lowest BCUT2D eigenvalue weighted by molar-refractivity contribution is 0.224. The first-order valence-corrected chi connectivity index (χ1v) is 7.01. The van der Waals surface area contributed by atoms with Crippen LogP contribution in [0.3, 0.4) is 0 Å². The summed E-state index contributed by atoms with van der Waals surface area (Å²) in [6, 6.07) is 13.2. The van der Waals surface area contributed by atoms with Crippen molar-refractivity contribution >= 4 is 0 Å². The standard InChI is InChI=1S/C16H23N3/c1-19(2)10-6-9-18-15-11-16(12-15,13-17)14-7-4-3-5-8-14/h3-5,7-8,15,18H,6,9-12H2,1-2H3. The van der Waals surface area contributed by atoms with Crippen LogP contribution in [0.25, 0.3) is 0 Å². The summed E-state index contributed by atoms with van der Waals surface area (Å²) in [6.45, 7) is 2.15.